The Balaban J connectivity index is 1.34. The van der Waals surface area contributed by atoms with E-state index in [1.807, 2.05) is 30.3 Å². The summed E-state index contributed by atoms with van der Waals surface area (Å²) in [6.07, 6.45) is 2.68. The Labute approximate surface area is 141 Å². The molecule has 0 saturated heterocycles. The highest BCUT2D eigenvalue weighted by Crippen LogP contribution is 2.13. The molecule has 1 aliphatic heterocycles. The van der Waals surface area contributed by atoms with Gasteiger partial charge in [-0.2, -0.15) is 0 Å². The summed E-state index contributed by atoms with van der Waals surface area (Å²) < 4.78 is 2.13. The maximum Gasteiger partial charge on any atom is 0.314 e. The van der Waals surface area contributed by atoms with E-state index >= 15 is 0 Å². The average Bonchev–Trinajstić information content (AvgIpc) is 3.19. The summed E-state index contributed by atoms with van der Waals surface area (Å²) >= 11 is 0. The Bertz CT molecular complexity index is 671. The lowest BCUT2D eigenvalue weighted by Crippen LogP contribution is -2.41. The Morgan fingerprint density at radius 1 is 1.25 bits per heavy atom. The Hall–Kier alpha value is -2.41. The molecule has 0 bridgehead atoms. The molecule has 0 spiro atoms. The van der Waals surface area contributed by atoms with Gasteiger partial charge in [0, 0.05) is 38.9 Å². The van der Waals surface area contributed by atoms with Gasteiger partial charge in [-0.15, -0.1) is 10.2 Å². The van der Waals surface area contributed by atoms with E-state index in [-0.39, 0.29) is 12.6 Å². The predicted octanol–water partition coefficient (Wildman–Crippen LogP) is 0.670. The zero-order valence-electron chi connectivity index (χ0n) is 13.6. The fourth-order valence-electron chi connectivity index (χ4n) is 2.91. The van der Waals surface area contributed by atoms with Gasteiger partial charge >= 0.3 is 6.03 Å². The number of carbonyl (C=O) groups is 1. The van der Waals surface area contributed by atoms with E-state index in [1.54, 1.807) is 0 Å². The number of hydrogen-bond acceptors (Lipinski definition) is 4. The van der Waals surface area contributed by atoms with Gasteiger partial charge in [0.05, 0.1) is 6.10 Å². The Morgan fingerprint density at radius 3 is 2.92 bits per heavy atom. The van der Waals surface area contributed by atoms with Crippen molar-refractivity contribution in [2.45, 2.75) is 38.3 Å². The summed E-state index contributed by atoms with van der Waals surface area (Å²) in [4.78, 5) is 11.8. The fraction of sp³-hybridized carbons (Fsp3) is 0.471. The number of nitrogens with zero attached hydrogens (tertiary/aromatic N) is 3. The lowest BCUT2D eigenvalue weighted by molar-refractivity contribution is 0.170. The van der Waals surface area contributed by atoms with E-state index in [0.29, 0.717) is 19.4 Å². The molecule has 0 saturated carbocycles. The van der Waals surface area contributed by atoms with Crippen LogP contribution in [0.5, 0.6) is 0 Å². The third-order valence-corrected chi connectivity index (χ3v) is 4.13. The van der Waals surface area contributed by atoms with E-state index in [9.17, 15) is 9.90 Å². The topological polar surface area (TPSA) is 92.1 Å². The first-order valence-electron chi connectivity index (χ1n) is 8.37. The number of amides is 2. The van der Waals surface area contributed by atoms with Gasteiger partial charge in [-0.3, -0.25) is 0 Å². The Morgan fingerprint density at radius 2 is 2.08 bits per heavy atom. The van der Waals surface area contributed by atoms with E-state index < -0.39 is 6.10 Å². The number of aryl methyl sites for hydroxylation is 1. The molecule has 1 atom stereocenters. The van der Waals surface area contributed by atoms with E-state index in [2.05, 4.69) is 25.4 Å². The monoisotopic (exact) mass is 329 g/mol. The van der Waals surface area contributed by atoms with Gasteiger partial charge in [0.15, 0.2) is 0 Å². The molecule has 2 aromatic rings. The number of carbonyl (C=O) groups excluding carboxylic acids is 1. The van der Waals surface area contributed by atoms with E-state index in [1.165, 1.54) is 0 Å². The standard InChI is InChI=1S/C17H23N5O2/c23-14(11-13-5-2-1-3-6-13)12-19-17(24)18-9-8-16-21-20-15-7-4-10-22(15)16/h1-3,5-6,14,23H,4,7-12H2,(H2,18,19,24). The molecular weight excluding hydrogens is 306 g/mol. The molecule has 0 aliphatic carbocycles. The smallest absolute Gasteiger partial charge is 0.314 e. The minimum Gasteiger partial charge on any atom is -0.391 e. The summed E-state index contributed by atoms with van der Waals surface area (Å²) in [5.74, 6) is 1.96. The number of hydrogen-bond donors (Lipinski definition) is 3. The summed E-state index contributed by atoms with van der Waals surface area (Å²) in [6.45, 7) is 1.69. The molecule has 1 aromatic heterocycles. The van der Waals surface area contributed by atoms with Crippen LogP contribution >= 0.6 is 0 Å². The van der Waals surface area contributed by atoms with Crippen LogP contribution in [0.4, 0.5) is 4.79 Å². The van der Waals surface area contributed by atoms with Crippen molar-refractivity contribution >= 4 is 6.03 Å². The molecule has 128 valence electrons. The molecule has 7 nitrogen and oxygen atoms in total. The van der Waals surface area contributed by atoms with Gasteiger partial charge in [-0.1, -0.05) is 30.3 Å². The molecule has 1 unspecified atom stereocenters. The van der Waals surface area contributed by atoms with Gasteiger partial charge in [0.2, 0.25) is 0 Å². The first kappa shape index (κ1) is 16.4. The number of benzene rings is 1. The minimum absolute atomic E-state index is 0.223. The number of aromatic nitrogens is 3. The first-order chi connectivity index (χ1) is 11.7. The third kappa shape index (κ3) is 4.32. The van der Waals surface area contributed by atoms with Crippen LogP contribution in [0, 0.1) is 0 Å². The predicted molar refractivity (Wildman–Crippen MR) is 89.6 cm³/mol. The van der Waals surface area contributed by atoms with Crippen molar-refractivity contribution in [1.29, 1.82) is 0 Å². The normalized spacial score (nSPS) is 14.2. The molecule has 3 rings (SSSR count). The lowest BCUT2D eigenvalue weighted by atomic mass is 10.1. The van der Waals surface area contributed by atoms with Crippen LogP contribution in [0.2, 0.25) is 0 Å². The van der Waals surface area contributed by atoms with Crippen LogP contribution < -0.4 is 10.6 Å². The van der Waals surface area contributed by atoms with Crippen molar-refractivity contribution in [1.82, 2.24) is 25.4 Å². The number of urea groups is 1. The van der Waals surface area contributed by atoms with Crippen LogP contribution in [0.25, 0.3) is 0 Å². The molecule has 2 amide bonds. The molecule has 1 aliphatic rings. The zero-order chi connectivity index (χ0) is 16.8. The molecular formula is C17H23N5O2. The summed E-state index contributed by atoms with van der Waals surface area (Å²) in [6, 6.07) is 9.45. The van der Waals surface area contributed by atoms with Crippen LogP contribution in [0.3, 0.4) is 0 Å². The largest absolute Gasteiger partial charge is 0.391 e. The Kier molecular flexibility index (Phi) is 5.43. The number of aliphatic hydroxyl groups excluding tert-OH is 1. The van der Waals surface area contributed by atoms with Gasteiger partial charge in [-0.05, 0) is 12.0 Å². The van der Waals surface area contributed by atoms with Crippen molar-refractivity contribution in [3.63, 3.8) is 0 Å². The van der Waals surface area contributed by atoms with Gasteiger partial charge < -0.3 is 20.3 Å². The quantitative estimate of drug-likeness (QED) is 0.696. The lowest BCUT2D eigenvalue weighted by Gasteiger charge is -2.12. The number of rotatable bonds is 7. The number of aliphatic hydroxyl groups is 1. The summed E-state index contributed by atoms with van der Waals surface area (Å²) in [5.41, 5.74) is 1.05. The second-order valence-electron chi connectivity index (χ2n) is 6.02. The van der Waals surface area contributed by atoms with E-state index in [0.717, 1.165) is 36.6 Å². The molecule has 2 heterocycles. The molecule has 1 aromatic carbocycles. The highest BCUT2D eigenvalue weighted by Gasteiger charge is 2.16. The van der Waals surface area contributed by atoms with Crippen LogP contribution in [-0.2, 0) is 25.8 Å². The van der Waals surface area contributed by atoms with Crippen LogP contribution in [0.1, 0.15) is 23.6 Å². The SMILES string of the molecule is O=C(NCCc1nnc2n1CCC2)NCC(O)Cc1ccccc1. The summed E-state index contributed by atoms with van der Waals surface area (Å²) in [7, 11) is 0. The van der Waals surface area contributed by atoms with Crippen molar-refractivity contribution in [3.05, 3.63) is 47.5 Å². The van der Waals surface area contributed by atoms with Crippen molar-refractivity contribution in [2.24, 2.45) is 0 Å². The highest BCUT2D eigenvalue weighted by molar-refractivity contribution is 5.73. The van der Waals surface area contributed by atoms with Gasteiger partial charge in [0.1, 0.15) is 11.6 Å². The van der Waals surface area contributed by atoms with E-state index in [4.69, 9.17) is 0 Å². The van der Waals surface area contributed by atoms with Crippen molar-refractivity contribution in [3.8, 4) is 0 Å². The van der Waals surface area contributed by atoms with Crippen molar-refractivity contribution < 1.29 is 9.90 Å². The van der Waals surface area contributed by atoms with Gasteiger partial charge in [-0.25, -0.2) is 4.79 Å². The fourth-order valence-corrected chi connectivity index (χ4v) is 2.91. The molecule has 3 N–H and O–H groups in total. The maximum absolute atomic E-state index is 11.8. The van der Waals surface area contributed by atoms with Crippen LogP contribution in [0.15, 0.2) is 30.3 Å². The number of fused-ring (bicyclic) bond motifs is 1. The second kappa shape index (κ2) is 7.92. The minimum atomic E-state index is -0.599. The van der Waals surface area contributed by atoms with Crippen molar-refractivity contribution in [2.75, 3.05) is 13.1 Å². The second-order valence-corrected chi connectivity index (χ2v) is 6.02. The average molecular weight is 329 g/mol. The molecule has 24 heavy (non-hydrogen) atoms. The number of nitrogens with one attached hydrogen (secondary N) is 2. The third-order valence-electron chi connectivity index (χ3n) is 4.13. The maximum atomic E-state index is 11.8. The molecule has 0 fully saturated rings. The molecule has 0 radical (unpaired) electrons. The van der Waals surface area contributed by atoms with Crippen LogP contribution in [-0.4, -0.2) is 45.1 Å². The summed E-state index contributed by atoms with van der Waals surface area (Å²) in [5, 5.41) is 23.8. The molecule has 7 heteroatoms. The highest BCUT2D eigenvalue weighted by atomic mass is 16.3. The zero-order valence-corrected chi connectivity index (χ0v) is 13.6. The van der Waals surface area contributed by atoms with Gasteiger partial charge in [0.25, 0.3) is 0 Å². The first-order valence-corrected chi connectivity index (χ1v) is 8.37.